The van der Waals surface area contributed by atoms with E-state index in [2.05, 4.69) is 53.3 Å². The minimum atomic E-state index is 0.594. The van der Waals surface area contributed by atoms with Gasteiger partial charge < -0.3 is 9.73 Å². The summed E-state index contributed by atoms with van der Waals surface area (Å²) in [6.07, 6.45) is 1.80. The summed E-state index contributed by atoms with van der Waals surface area (Å²) in [5, 5.41) is 8.71. The zero-order valence-corrected chi connectivity index (χ0v) is 14.1. The Morgan fingerprint density at radius 3 is 2.85 bits per heavy atom. The van der Waals surface area contributed by atoms with Gasteiger partial charge in [0.2, 0.25) is 0 Å². The second-order valence-corrected chi connectivity index (χ2v) is 6.07. The Morgan fingerprint density at radius 1 is 1.35 bits per heavy atom. The van der Waals surface area contributed by atoms with E-state index in [4.69, 9.17) is 4.42 Å². The highest BCUT2D eigenvalue weighted by Crippen LogP contribution is 2.27. The molecule has 1 N–H and O–H groups in total. The van der Waals surface area contributed by atoms with Crippen molar-refractivity contribution in [3.63, 3.8) is 0 Å². The predicted octanol–water partition coefficient (Wildman–Crippen LogP) is 4.01. The number of halogens is 2. The molecule has 0 aliphatic heterocycles. The largest absolute Gasteiger partial charge is 0.451 e. The third kappa shape index (κ3) is 2.47. The van der Waals surface area contributed by atoms with Crippen LogP contribution in [0.4, 0.5) is 5.69 Å². The van der Waals surface area contributed by atoms with E-state index in [-0.39, 0.29) is 0 Å². The summed E-state index contributed by atoms with van der Waals surface area (Å²) in [5.74, 6) is 0.840. The predicted molar refractivity (Wildman–Crippen MR) is 84.7 cm³/mol. The lowest BCUT2D eigenvalue weighted by Gasteiger charge is -2.04. The van der Waals surface area contributed by atoms with Gasteiger partial charge in [-0.25, -0.2) is 4.98 Å². The molecular formula is C13H12Br2N4O. The molecule has 0 saturated carbocycles. The van der Waals surface area contributed by atoms with Crippen LogP contribution >= 0.6 is 31.9 Å². The van der Waals surface area contributed by atoms with Gasteiger partial charge in [0.15, 0.2) is 10.3 Å². The van der Waals surface area contributed by atoms with Gasteiger partial charge in [0.1, 0.15) is 5.76 Å². The maximum absolute atomic E-state index is 5.52. The molecule has 20 heavy (non-hydrogen) atoms. The third-order valence-electron chi connectivity index (χ3n) is 3.03. The first-order valence-electron chi connectivity index (χ1n) is 6.01. The van der Waals surface area contributed by atoms with E-state index in [1.165, 1.54) is 0 Å². The van der Waals surface area contributed by atoms with Gasteiger partial charge in [-0.2, -0.15) is 5.10 Å². The Morgan fingerprint density at radius 2 is 2.15 bits per heavy atom. The molecule has 0 atom stereocenters. The van der Waals surface area contributed by atoms with Crippen LogP contribution in [0.1, 0.15) is 11.5 Å². The summed E-state index contributed by atoms with van der Waals surface area (Å²) < 4.78 is 8.92. The summed E-state index contributed by atoms with van der Waals surface area (Å²) in [6, 6.07) is 3.98. The summed E-state index contributed by atoms with van der Waals surface area (Å²) in [5.41, 5.74) is 2.80. The first kappa shape index (κ1) is 13.6. The summed E-state index contributed by atoms with van der Waals surface area (Å²) >= 11 is 6.72. The molecule has 0 aliphatic rings. The number of aromatic nitrogens is 3. The molecule has 3 aromatic heterocycles. The first-order chi connectivity index (χ1) is 9.54. The molecule has 0 bridgehead atoms. The Labute approximate surface area is 132 Å². The summed E-state index contributed by atoms with van der Waals surface area (Å²) in [6.45, 7) is 2.57. The zero-order chi connectivity index (χ0) is 14.3. The minimum Gasteiger partial charge on any atom is -0.451 e. The highest BCUT2D eigenvalue weighted by molar-refractivity contribution is 9.13. The molecule has 0 aromatic carbocycles. The quantitative estimate of drug-likeness (QED) is 0.722. The van der Waals surface area contributed by atoms with Gasteiger partial charge in [-0.1, -0.05) is 0 Å². The van der Waals surface area contributed by atoms with Crippen molar-refractivity contribution in [2.75, 3.05) is 5.32 Å². The molecule has 0 unspecified atom stereocenters. The fourth-order valence-corrected chi connectivity index (χ4v) is 2.73. The van der Waals surface area contributed by atoms with Crippen LogP contribution in [0.15, 0.2) is 31.9 Å². The van der Waals surface area contributed by atoms with Crippen molar-refractivity contribution >= 4 is 48.6 Å². The van der Waals surface area contributed by atoms with E-state index in [1.807, 2.05) is 20.0 Å². The molecule has 3 aromatic rings. The van der Waals surface area contributed by atoms with Crippen LogP contribution < -0.4 is 5.32 Å². The molecule has 104 valence electrons. The molecule has 0 spiro atoms. The van der Waals surface area contributed by atoms with Crippen molar-refractivity contribution in [3.05, 3.63) is 38.9 Å². The number of rotatable bonds is 3. The van der Waals surface area contributed by atoms with Crippen LogP contribution in [0.25, 0.3) is 11.0 Å². The van der Waals surface area contributed by atoms with Crippen molar-refractivity contribution < 1.29 is 4.42 Å². The van der Waals surface area contributed by atoms with Crippen LogP contribution in [-0.2, 0) is 13.6 Å². The van der Waals surface area contributed by atoms with Gasteiger partial charge in [0.25, 0.3) is 0 Å². The number of pyridine rings is 1. The lowest BCUT2D eigenvalue weighted by molar-refractivity contribution is 0.494. The number of hydrogen-bond donors (Lipinski definition) is 1. The van der Waals surface area contributed by atoms with Gasteiger partial charge in [-0.15, -0.1) is 0 Å². The molecule has 3 rings (SSSR count). The van der Waals surface area contributed by atoms with Crippen LogP contribution in [0, 0.1) is 6.92 Å². The van der Waals surface area contributed by atoms with Gasteiger partial charge in [0, 0.05) is 12.4 Å². The molecule has 0 fully saturated rings. The van der Waals surface area contributed by atoms with E-state index in [0.29, 0.717) is 11.2 Å². The lowest BCUT2D eigenvalue weighted by atomic mass is 10.2. The number of fused-ring (bicyclic) bond motifs is 1. The van der Waals surface area contributed by atoms with Crippen molar-refractivity contribution in [1.82, 2.24) is 14.8 Å². The van der Waals surface area contributed by atoms with E-state index in [9.17, 15) is 0 Å². The highest BCUT2D eigenvalue weighted by atomic mass is 79.9. The maximum Gasteiger partial charge on any atom is 0.183 e. The molecule has 0 saturated heterocycles. The van der Waals surface area contributed by atoms with Crippen LogP contribution in [0.5, 0.6) is 0 Å². The standard InChI is InChI=1S/C13H12Br2N4O/c1-7-10-3-8(5-17-13(10)19(2)18-7)16-6-9-4-11(14)12(15)20-9/h3-5,16H,6H2,1-2H3. The number of nitrogens with one attached hydrogen (secondary N) is 1. The van der Waals surface area contributed by atoms with Crippen LogP contribution in [-0.4, -0.2) is 14.8 Å². The Hall–Kier alpha value is -1.34. The van der Waals surface area contributed by atoms with Crippen molar-refractivity contribution in [3.8, 4) is 0 Å². The second-order valence-electron chi connectivity index (χ2n) is 4.49. The number of hydrogen-bond acceptors (Lipinski definition) is 4. The molecular weight excluding hydrogens is 388 g/mol. The average Bonchev–Trinajstić information content (AvgIpc) is 2.88. The smallest absolute Gasteiger partial charge is 0.183 e. The van der Waals surface area contributed by atoms with E-state index >= 15 is 0 Å². The fraction of sp³-hybridized carbons (Fsp3) is 0.231. The fourth-order valence-electron chi connectivity index (χ4n) is 2.07. The van der Waals surface area contributed by atoms with E-state index in [0.717, 1.165) is 32.6 Å². The zero-order valence-electron chi connectivity index (χ0n) is 10.9. The van der Waals surface area contributed by atoms with Gasteiger partial charge >= 0.3 is 0 Å². The number of aryl methyl sites for hydroxylation is 2. The number of furan rings is 1. The Kier molecular flexibility index (Phi) is 3.55. The molecule has 7 heteroatoms. The topological polar surface area (TPSA) is 55.9 Å². The monoisotopic (exact) mass is 398 g/mol. The van der Waals surface area contributed by atoms with Gasteiger partial charge in [0.05, 0.1) is 28.6 Å². The van der Waals surface area contributed by atoms with Crippen LogP contribution in [0.3, 0.4) is 0 Å². The van der Waals surface area contributed by atoms with Gasteiger partial charge in [-0.05, 0) is 50.9 Å². The normalized spacial score (nSPS) is 11.2. The average molecular weight is 400 g/mol. The lowest BCUT2D eigenvalue weighted by Crippen LogP contribution is -1.99. The summed E-state index contributed by atoms with van der Waals surface area (Å²) in [7, 11) is 1.90. The van der Waals surface area contributed by atoms with Gasteiger partial charge in [-0.3, -0.25) is 4.68 Å². The maximum atomic E-state index is 5.52. The third-order valence-corrected chi connectivity index (χ3v) is 4.74. The first-order valence-corrected chi connectivity index (χ1v) is 7.60. The molecule has 0 aliphatic carbocycles. The van der Waals surface area contributed by atoms with Crippen molar-refractivity contribution in [2.24, 2.45) is 7.05 Å². The van der Waals surface area contributed by atoms with Crippen molar-refractivity contribution in [1.29, 1.82) is 0 Å². The van der Waals surface area contributed by atoms with E-state index < -0.39 is 0 Å². The van der Waals surface area contributed by atoms with Crippen molar-refractivity contribution in [2.45, 2.75) is 13.5 Å². The molecule has 3 heterocycles. The number of anilines is 1. The Balaban J connectivity index is 1.82. The number of nitrogens with zero attached hydrogens (tertiary/aromatic N) is 3. The van der Waals surface area contributed by atoms with Crippen LogP contribution in [0.2, 0.25) is 0 Å². The minimum absolute atomic E-state index is 0.594. The molecule has 0 amide bonds. The Bertz CT molecular complexity index is 759. The SMILES string of the molecule is Cc1nn(C)c2ncc(NCc3cc(Br)c(Br)o3)cc12. The second kappa shape index (κ2) is 5.21. The highest BCUT2D eigenvalue weighted by Gasteiger charge is 2.08. The van der Waals surface area contributed by atoms with E-state index in [1.54, 1.807) is 10.9 Å². The summed E-state index contributed by atoms with van der Waals surface area (Å²) in [4.78, 5) is 4.43. The molecule has 0 radical (unpaired) electrons. The molecule has 5 nitrogen and oxygen atoms in total.